The van der Waals surface area contributed by atoms with Crippen molar-refractivity contribution >= 4 is 28.6 Å². The first-order valence-corrected chi connectivity index (χ1v) is 8.62. The van der Waals surface area contributed by atoms with Crippen LogP contribution in [0.2, 0.25) is 0 Å². The molecule has 2 aliphatic rings. The molecule has 3 aromatic rings. The third-order valence-corrected chi connectivity index (χ3v) is 5.27. The minimum Gasteiger partial charge on any atom is -0.478 e. The van der Waals surface area contributed by atoms with E-state index in [1.54, 1.807) is 0 Å². The molecule has 2 N–H and O–H groups in total. The maximum absolute atomic E-state index is 10.9. The van der Waals surface area contributed by atoms with Crippen LogP contribution in [0.25, 0.3) is 10.9 Å². The molecule has 1 aliphatic carbocycles. The van der Waals surface area contributed by atoms with Gasteiger partial charge in [-0.25, -0.2) is 19.7 Å². The fourth-order valence-electron chi connectivity index (χ4n) is 3.82. The molecule has 26 heavy (non-hydrogen) atoms. The van der Waals surface area contributed by atoms with Gasteiger partial charge in [-0.1, -0.05) is 18.2 Å². The number of carbonyl (C=O) groups is 1. The van der Waals surface area contributed by atoms with E-state index in [2.05, 4.69) is 37.3 Å². The number of aromatic nitrogens is 3. The average molecular weight is 347 g/mol. The van der Waals surface area contributed by atoms with Crippen molar-refractivity contribution in [3.63, 3.8) is 0 Å². The molecule has 7 nitrogen and oxygen atoms in total. The third kappa shape index (κ3) is 2.52. The molecule has 130 valence electrons. The lowest BCUT2D eigenvalue weighted by Gasteiger charge is -2.20. The van der Waals surface area contributed by atoms with E-state index in [1.165, 1.54) is 12.4 Å². The highest BCUT2D eigenvalue weighted by molar-refractivity contribution is 5.86. The van der Waals surface area contributed by atoms with Crippen molar-refractivity contribution in [1.29, 1.82) is 0 Å². The van der Waals surface area contributed by atoms with Crippen molar-refractivity contribution in [3.8, 4) is 0 Å². The number of rotatable bonds is 4. The predicted molar refractivity (Wildman–Crippen MR) is 97.3 cm³/mol. The summed E-state index contributed by atoms with van der Waals surface area (Å²) in [4.78, 5) is 26.0. The molecule has 2 atom stereocenters. The zero-order chi connectivity index (χ0) is 17.7. The van der Waals surface area contributed by atoms with E-state index in [0.717, 1.165) is 29.8 Å². The van der Waals surface area contributed by atoms with Crippen molar-refractivity contribution in [1.82, 2.24) is 15.0 Å². The van der Waals surface area contributed by atoms with E-state index in [9.17, 15) is 4.79 Å². The van der Waals surface area contributed by atoms with Crippen LogP contribution in [0, 0.1) is 11.8 Å². The SMILES string of the molecule is O=C(O)c1cnc(N2CC3C(C2)C3Nc2ccc3ccccc3n2)nc1. The molecule has 0 amide bonds. The number of pyridine rings is 1. The van der Waals surface area contributed by atoms with E-state index in [4.69, 9.17) is 5.11 Å². The van der Waals surface area contributed by atoms with Crippen LogP contribution in [0.3, 0.4) is 0 Å². The minimum absolute atomic E-state index is 0.111. The first-order valence-electron chi connectivity index (χ1n) is 8.62. The molecular formula is C19H17N5O2. The van der Waals surface area contributed by atoms with Gasteiger partial charge < -0.3 is 15.3 Å². The maximum atomic E-state index is 10.9. The van der Waals surface area contributed by atoms with Gasteiger partial charge in [-0.15, -0.1) is 0 Å². The Morgan fingerprint density at radius 2 is 1.81 bits per heavy atom. The number of piperidine rings is 1. The number of anilines is 2. The first-order chi connectivity index (χ1) is 12.7. The summed E-state index contributed by atoms with van der Waals surface area (Å²) in [6, 6.07) is 12.6. The largest absolute Gasteiger partial charge is 0.478 e. The molecule has 3 heterocycles. The summed E-state index contributed by atoms with van der Waals surface area (Å²) in [6.45, 7) is 1.75. The lowest BCUT2D eigenvalue weighted by atomic mass is 10.2. The number of carboxylic acid groups (broad SMARTS) is 1. The topological polar surface area (TPSA) is 91.2 Å². The molecule has 0 radical (unpaired) electrons. The number of carboxylic acids is 1. The Balaban J connectivity index is 1.24. The number of benzene rings is 1. The lowest BCUT2D eigenvalue weighted by Crippen LogP contribution is -2.29. The van der Waals surface area contributed by atoms with Gasteiger partial charge in [0, 0.05) is 48.7 Å². The Hall–Kier alpha value is -3.22. The summed E-state index contributed by atoms with van der Waals surface area (Å²) < 4.78 is 0. The Morgan fingerprint density at radius 1 is 1.08 bits per heavy atom. The second kappa shape index (κ2) is 5.66. The molecule has 1 aromatic carbocycles. The van der Waals surface area contributed by atoms with Gasteiger partial charge in [0.25, 0.3) is 0 Å². The number of nitrogens with zero attached hydrogens (tertiary/aromatic N) is 4. The molecule has 0 spiro atoms. The van der Waals surface area contributed by atoms with Crippen LogP contribution in [0.5, 0.6) is 0 Å². The summed E-state index contributed by atoms with van der Waals surface area (Å²) in [6.07, 6.45) is 2.73. The summed E-state index contributed by atoms with van der Waals surface area (Å²) in [5.74, 6) is 1.60. The van der Waals surface area contributed by atoms with Crippen LogP contribution in [0.4, 0.5) is 11.8 Å². The smallest absolute Gasteiger partial charge is 0.338 e. The quantitative estimate of drug-likeness (QED) is 0.748. The summed E-state index contributed by atoms with van der Waals surface area (Å²) in [5, 5.41) is 13.6. The van der Waals surface area contributed by atoms with Crippen LogP contribution in [-0.2, 0) is 0 Å². The number of fused-ring (bicyclic) bond motifs is 2. The summed E-state index contributed by atoms with van der Waals surface area (Å²) in [5.41, 5.74) is 1.11. The van der Waals surface area contributed by atoms with Crippen LogP contribution in [-0.4, -0.2) is 45.2 Å². The van der Waals surface area contributed by atoms with Gasteiger partial charge in [0.1, 0.15) is 5.82 Å². The third-order valence-electron chi connectivity index (χ3n) is 5.27. The number of hydrogen-bond acceptors (Lipinski definition) is 6. The van der Waals surface area contributed by atoms with E-state index in [0.29, 0.717) is 23.8 Å². The van der Waals surface area contributed by atoms with Gasteiger partial charge in [-0.05, 0) is 18.2 Å². The molecule has 2 unspecified atom stereocenters. The van der Waals surface area contributed by atoms with E-state index < -0.39 is 5.97 Å². The van der Waals surface area contributed by atoms with Gasteiger partial charge in [-0.2, -0.15) is 0 Å². The molecular weight excluding hydrogens is 330 g/mol. The van der Waals surface area contributed by atoms with Crippen molar-refractivity contribution < 1.29 is 9.90 Å². The molecule has 1 saturated carbocycles. The van der Waals surface area contributed by atoms with Crippen LogP contribution >= 0.6 is 0 Å². The molecule has 7 heteroatoms. The van der Waals surface area contributed by atoms with Gasteiger partial charge in [0.15, 0.2) is 0 Å². The Kier molecular flexibility index (Phi) is 3.28. The molecule has 0 bridgehead atoms. The highest BCUT2D eigenvalue weighted by Gasteiger charge is 2.56. The van der Waals surface area contributed by atoms with E-state index >= 15 is 0 Å². The standard InChI is InChI=1S/C19H17N5O2/c25-18(26)12-7-20-19(21-8-12)24-9-13-14(10-24)17(13)23-16-6-5-11-3-1-2-4-15(11)22-16/h1-8,13-14,17H,9-10H2,(H,22,23)(H,25,26). The molecule has 2 fully saturated rings. The first kappa shape index (κ1) is 15.1. The number of hydrogen-bond donors (Lipinski definition) is 2. The zero-order valence-corrected chi connectivity index (χ0v) is 13.9. The lowest BCUT2D eigenvalue weighted by molar-refractivity contribution is 0.0696. The molecule has 2 aromatic heterocycles. The van der Waals surface area contributed by atoms with Crippen molar-refractivity contribution in [2.24, 2.45) is 11.8 Å². The highest BCUT2D eigenvalue weighted by Crippen LogP contribution is 2.47. The van der Waals surface area contributed by atoms with Gasteiger partial charge in [0.05, 0.1) is 11.1 Å². The predicted octanol–water partition coefficient (Wildman–Crippen LogP) is 2.27. The Labute approximate surface area is 149 Å². The van der Waals surface area contributed by atoms with Crippen LogP contribution in [0.1, 0.15) is 10.4 Å². The van der Waals surface area contributed by atoms with Crippen molar-refractivity contribution in [2.45, 2.75) is 6.04 Å². The number of para-hydroxylation sites is 1. The van der Waals surface area contributed by atoms with Crippen LogP contribution in [0.15, 0.2) is 48.8 Å². The fraction of sp³-hybridized carbons (Fsp3) is 0.263. The zero-order valence-electron chi connectivity index (χ0n) is 13.9. The van der Waals surface area contributed by atoms with Crippen molar-refractivity contribution in [2.75, 3.05) is 23.3 Å². The molecule has 1 aliphatic heterocycles. The van der Waals surface area contributed by atoms with Gasteiger partial charge in [0.2, 0.25) is 5.95 Å². The fourth-order valence-corrected chi connectivity index (χ4v) is 3.82. The maximum Gasteiger partial charge on any atom is 0.338 e. The van der Waals surface area contributed by atoms with Gasteiger partial charge in [-0.3, -0.25) is 0 Å². The monoisotopic (exact) mass is 347 g/mol. The number of aromatic carboxylic acids is 1. The Bertz CT molecular complexity index is 979. The van der Waals surface area contributed by atoms with E-state index in [-0.39, 0.29) is 5.56 Å². The Morgan fingerprint density at radius 3 is 2.54 bits per heavy atom. The van der Waals surface area contributed by atoms with Gasteiger partial charge >= 0.3 is 5.97 Å². The van der Waals surface area contributed by atoms with E-state index in [1.807, 2.05) is 24.3 Å². The highest BCUT2D eigenvalue weighted by atomic mass is 16.4. The minimum atomic E-state index is -1.01. The second-order valence-corrected chi connectivity index (χ2v) is 6.87. The number of nitrogens with one attached hydrogen (secondary N) is 1. The normalized spacial score (nSPS) is 23.7. The molecule has 1 saturated heterocycles. The van der Waals surface area contributed by atoms with Crippen LogP contribution < -0.4 is 10.2 Å². The summed E-state index contributed by atoms with van der Waals surface area (Å²) in [7, 11) is 0. The summed E-state index contributed by atoms with van der Waals surface area (Å²) >= 11 is 0. The second-order valence-electron chi connectivity index (χ2n) is 6.87. The molecule has 5 rings (SSSR count). The average Bonchev–Trinajstić information content (AvgIpc) is 3.11. The van der Waals surface area contributed by atoms with Crippen molar-refractivity contribution in [3.05, 3.63) is 54.4 Å².